The van der Waals surface area contributed by atoms with Crippen molar-refractivity contribution in [2.45, 2.75) is 25.7 Å². The van der Waals surface area contributed by atoms with Gasteiger partial charge in [-0.15, -0.1) is 0 Å². The molecule has 1 aliphatic heterocycles. The fourth-order valence-electron chi connectivity index (χ4n) is 2.18. The second kappa shape index (κ2) is 4.23. The third-order valence-corrected chi connectivity index (χ3v) is 3.23. The molecule has 1 fully saturated rings. The maximum atomic E-state index is 5.44. The molecule has 1 unspecified atom stereocenters. The molecule has 0 spiro atoms. The van der Waals surface area contributed by atoms with Crippen LogP contribution < -0.4 is 10.1 Å². The van der Waals surface area contributed by atoms with E-state index in [9.17, 15) is 0 Å². The lowest BCUT2D eigenvalue weighted by molar-refractivity contribution is 0.340. The standard InChI is InChI=1S/C13H19NO/c1-3-15-12-6-4-11(5-7-12)13(2)8-9-14-10-13/h4-7,14H,3,8-10H2,1-2H3. The van der Waals surface area contributed by atoms with Crippen LogP contribution in [-0.4, -0.2) is 19.7 Å². The highest BCUT2D eigenvalue weighted by atomic mass is 16.5. The predicted octanol–water partition coefficient (Wildman–Crippen LogP) is 2.34. The SMILES string of the molecule is CCOc1ccc(C2(C)CCNC2)cc1. The van der Waals surface area contributed by atoms with Gasteiger partial charge in [-0.25, -0.2) is 0 Å². The summed E-state index contributed by atoms with van der Waals surface area (Å²) in [6, 6.07) is 8.53. The summed E-state index contributed by atoms with van der Waals surface area (Å²) >= 11 is 0. The van der Waals surface area contributed by atoms with Crippen LogP contribution in [0.25, 0.3) is 0 Å². The van der Waals surface area contributed by atoms with E-state index < -0.39 is 0 Å². The molecule has 1 N–H and O–H groups in total. The van der Waals surface area contributed by atoms with Crippen molar-refractivity contribution in [3.8, 4) is 5.75 Å². The van der Waals surface area contributed by atoms with E-state index in [-0.39, 0.29) is 0 Å². The molecule has 1 aliphatic rings. The molecule has 0 aromatic heterocycles. The number of benzene rings is 1. The largest absolute Gasteiger partial charge is 0.494 e. The maximum absolute atomic E-state index is 5.44. The topological polar surface area (TPSA) is 21.3 Å². The fourth-order valence-corrected chi connectivity index (χ4v) is 2.18. The Kier molecular flexibility index (Phi) is 2.96. The molecule has 1 aromatic rings. The third kappa shape index (κ3) is 2.15. The van der Waals surface area contributed by atoms with Gasteiger partial charge in [0.2, 0.25) is 0 Å². The maximum Gasteiger partial charge on any atom is 0.119 e. The van der Waals surface area contributed by atoms with Crippen molar-refractivity contribution < 1.29 is 4.74 Å². The zero-order chi connectivity index (χ0) is 10.7. The Bertz CT molecular complexity index is 312. The van der Waals surface area contributed by atoms with Crippen LogP contribution in [0.5, 0.6) is 5.75 Å². The lowest BCUT2D eigenvalue weighted by Gasteiger charge is -2.23. The molecule has 1 aromatic carbocycles. The van der Waals surface area contributed by atoms with Crippen molar-refractivity contribution in [1.29, 1.82) is 0 Å². The van der Waals surface area contributed by atoms with Gasteiger partial charge >= 0.3 is 0 Å². The first-order valence-corrected chi connectivity index (χ1v) is 5.69. The van der Waals surface area contributed by atoms with Crippen molar-refractivity contribution in [3.63, 3.8) is 0 Å². The van der Waals surface area contributed by atoms with E-state index >= 15 is 0 Å². The monoisotopic (exact) mass is 205 g/mol. The van der Waals surface area contributed by atoms with Gasteiger partial charge in [-0.2, -0.15) is 0 Å². The van der Waals surface area contributed by atoms with Gasteiger partial charge in [-0.1, -0.05) is 19.1 Å². The first kappa shape index (κ1) is 10.5. The Hall–Kier alpha value is -1.02. The van der Waals surface area contributed by atoms with Crippen molar-refractivity contribution in [2.75, 3.05) is 19.7 Å². The summed E-state index contributed by atoms with van der Waals surface area (Å²) in [5, 5.41) is 3.42. The third-order valence-electron chi connectivity index (χ3n) is 3.23. The molecule has 15 heavy (non-hydrogen) atoms. The lowest BCUT2D eigenvalue weighted by Crippen LogP contribution is -2.24. The summed E-state index contributed by atoms with van der Waals surface area (Å²) in [6.07, 6.45) is 1.22. The number of ether oxygens (including phenoxy) is 1. The summed E-state index contributed by atoms with van der Waals surface area (Å²) in [6.45, 7) is 7.28. The van der Waals surface area contributed by atoms with Gasteiger partial charge in [0, 0.05) is 12.0 Å². The van der Waals surface area contributed by atoms with Gasteiger partial charge in [0.1, 0.15) is 5.75 Å². The van der Waals surface area contributed by atoms with Gasteiger partial charge in [0.05, 0.1) is 6.61 Å². The summed E-state index contributed by atoms with van der Waals surface area (Å²) in [4.78, 5) is 0. The molecule has 1 atom stereocenters. The molecule has 0 bridgehead atoms. The smallest absolute Gasteiger partial charge is 0.119 e. The number of rotatable bonds is 3. The first-order valence-electron chi connectivity index (χ1n) is 5.69. The molecule has 0 amide bonds. The van der Waals surface area contributed by atoms with Crippen LogP contribution >= 0.6 is 0 Å². The van der Waals surface area contributed by atoms with Crippen LogP contribution in [0.4, 0.5) is 0 Å². The Morgan fingerprint density at radius 3 is 2.60 bits per heavy atom. The summed E-state index contributed by atoms with van der Waals surface area (Å²) in [7, 11) is 0. The van der Waals surface area contributed by atoms with E-state index in [0.717, 1.165) is 25.4 Å². The normalized spacial score (nSPS) is 25.5. The molecule has 82 valence electrons. The first-order chi connectivity index (χ1) is 7.24. The second-order valence-electron chi connectivity index (χ2n) is 4.44. The van der Waals surface area contributed by atoms with E-state index in [0.29, 0.717) is 5.41 Å². The summed E-state index contributed by atoms with van der Waals surface area (Å²) in [5.74, 6) is 0.968. The molecule has 2 rings (SSSR count). The van der Waals surface area contributed by atoms with Crippen LogP contribution in [0.15, 0.2) is 24.3 Å². The minimum Gasteiger partial charge on any atom is -0.494 e. The second-order valence-corrected chi connectivity index (χ2v) is 4.44. The quantitative estimate of drug-likeness (QED) is 0.817. The summed E-state index contributed by atoms with van der Waals surface area (Å²) < 4.78 is 5.44. The predicted molar refractivity (Wildman–Crippen MR) is 62.4 cm³/mol. The lowest BCUT2D eigenvalue weighted by atomic mass is 9.82. The van der Waals surface area contributed by atoms with Gasteiger partial charge in [0.25, 0.3) is 0 Å². The van der Waals surface area contributed by atoms with E-state index in [2.05, 4.69) is 36.5 Å². The zero-order valence-electron chi connectivity index (χ0n) is 9.55. The van der Waals surface area contributed by atoms with Crippen LogP contribution in [0.2, 0.25) is 0 Å². The van der Waals surface area contributed by atoms with E-state index in [1.54, 1.807) is 0 Å². The zero-order valence-corrected chi connectivity index (χ0v) is 9.55. The van der Waals surface area contributed by atoms with Crippen LogP contribution in [0.3, 0.4) is 0 Å². The Morgan fingerprint density at radius 1 is 1.33 bits per heavy atom. The highest BCUT2D eigenvalue weighted by Gasteiger charge is 2.30. The number of hydrogen-bond donors (Lipinski definition) is 1. The van der Waals surface area contributed by atoms with Gasteiger partial charge < -0.3 is 10.1 Å². The molecule has 1 heterocycles. The molecule has 0 radical (unpaired) electrons. The molecule has 0 aliphatic carbocycles. The Labute approximate surface area is 91.6 Å². The fraction of sp³-hybridized carbons (Fsp3) is 0.538. The van der Waals surface area contributed by atoms with E-state index in [1.165, 1.54) is 12.0 Å². The molecule has 2 heteroatoms. The van der Waals surface area contributed by atoms with Crippen LogP contribution in [-0.2, 0) is 5.41 Å². The van der Waals surface area contributed by atoms with E-state index in [4.69, 9.17) is 4.74 Å². The highest BCUT2D eigenvalue weighted by molar-refractivity contribution is 5.33. The molecule has 0 saturated carbocycles. The van der Waals surface area contributed by atoms with Crippen molar-refractivity contribution in [1.82, 2.24) is 5.32 Å². The average Bonchev–Trinajstić information content (AvgIpc) is 2.68. The number of hydrogen-bond acceptors (Lipinski definition) is 2. The highest BCUT2D eigenvalue weighted by Crippen LogP contribution is 2.30. The molecule has 2 nitrogen and oxygen atoms in total. The molecular formula is C13H19NO. The van der Waals surface area contributed by atoms with Crippen LogP contribution in [0, 0.1) is 0 Å². The van der Waals surface area contributed by atoms with Gasteiger partial charge in [-0.3, -0.25) is 0 Å². The Morgan fingerprint density at radius 2 is 2.07 bits per heavy atom. The van der Waals surface area contributed by atoms with Crippen molar-refractivity contribution in [2.24, 2.45) is 0 Å². The van der Waals surface area contributed by atoms with Gasteiger partial charge in [0.15, 0.2) is 0 Å². The molecule has 1 saturated heterocycles. The minimum atomic E-state index is 0.310. The minimum absolute atomic E-state index is 0.310. The van der Waals surface area contributed by atoms with Gasteiger partial charge in [-0.05, 0) is 37.6 Å². The van der Waals surface area contributed by atoms with Crippen molar-refractivity contribution >= 4 is 0 Å². The van der Waals surface area contributed by atoms with Crippen LogP contribution in [0.1, 0.15) is 25.8 Å². The average molecular weight is 205 g/mol. The summed E-state index contributed by atoms with van der Waals surface area (Å²) in [5.41, 5.74) is 1.72. The Balaban J connectivity index is 2.15. The molecular weight excluding hydrogens is 186 g/mol. The van der Waals surface area contributed by atoms with Crippen molar-refractivity contribution in [3.05, 3.63) is 29.8 Å². The number of nitrogens with one attached hydrogen (secondary N) is 1. The van der Waals surface area contributed by atoms with E-state index in [1.807, 2.05) is 6.92 Å².